The van der Waals surface area contributed by atoms with E-state index in [2.05, 4.69) is 46.2 Å². The van der Waals surface area contributed by atoms with Crippen LogP contribution in [0.4, 0.5) is 11.5 Å². The van der Waals surface area contributed by atoms with Crippen molar-refractivity contribution in [3.63, 3.8) is 0 Å². The van der Waals surface area contributed by atoms with E-state index in [9.17, 15) is 4.79 Å². The Bertz CT molecular complexity index is 857. The molecule has 1 aromatic carbocycles. The first-order chi connectivity index (χ1) is 13.2. The van der Waals surface area contributed by atoms with E-state index in [1.807, 2.05) is 35.7 Å². The summed E-state index contributed by atoms with van der Waals surface area (Å²) in [5, 5.41) is 5.88. The number of benzene rings is 1. The summed E-state index contributed by atoms with van der Waals surface area (Å²) in [5.74, 6) is 0.840. The van der Waals surface area contributed by atoms with E-state index < -0.39 is 0 Å². The Hall–Kier alpha value is -2.73. The molecular weight excluding hydrogens is 356 g/mol. The Balaban J connectivity index is 1.55. The lowest BCUT2D eigenvalue weighted by Gasteiger charge is -2.19. The summed E-state index contributed by atoms with van der Waals surface area (Å²) >= 11 is 1.59. The first-order valence-electron chi connectivity index (χ1n) is 9.16. The molecule has 0 atom stereocenters. The van der Waals surface area contributed by atoms with Crippen LogP contribution in [0.25, 0.3) is 0 Å². The highest BCUT2D eigenvalue weighted by Gasteiger charge is 2.10. The highest BCUT2D eigenvalue weighted by atomic mass is 32.1. The third-order valence-corrected chi connectivity index (χ3v) is 5.16. The fourth-order valence-electron chi connectivity index (χ4n) is 2.85. The molecule has 3 aromatic rings. The van der Waals surface area contributed by atoms with Crippen molar-refractivity contribution >= 4 is 28.7 Å². The summed E-state index contributed by atoms with van der Waals surface area (Å²) in [6, 6.07) is 14.0. The van der Waals surface area contributed by atoms with E-state index >= 15 is 0 Å². The molecule has 0 spiro atoms. The highest BCUT2D eigenvalue weighted by Crippen LogP contribution is 2.17. The average Bonchev–Trinajstić information content (AvgIpc) is 3.11. The number of thiazole rings is 1. The predicted molar refractivity (Wildman–Crippen MR) is 111 cm³/mol. The van der Waals surface area contributed by atoms with Gasteiger partial charge in [0.05, 0.1) is 29.0 Å². The number of hydrogen-bond donors (Lipinski definition) is 1. The number of rotatable bonds is 8. The zero-order chi connectivity index (χ0) is 19.1. The van der Waals surface area contributed by atoms with Gasteiger partial charge in [-0.3, -0.25) is 4.79 Å². The van der Waals surface area contributed by atoms with Gasteiger partial charge in [-0.2, -0.15) is 0 Å². The van der Waals surface area contributed by atoms with Crippen LogP contribution in [0.1, 0.15) is 30.1 Å². The van der Waals surface area contributed by atoms with Gasteiger partial charge >= 0.3 is 0 Å². The molecule has 0 aliphatic carbocycles. The lowest BCUT2D eigenvalue weighted by Crippen LogP contribution is -2.23. The second kappa shape index (κ2) is 9.28. The maximum atomic E-state index is 12.3. The molecule has 27 heavy (non-hydrogen) atoms. The Kier molecular flexibility index (Phi) is 6.54. The summed E-state index contributed by atoms with van der Waals surface area (Å²) in [6.45, 7) is 6.01. The summed E-state index contributed by atoms with van der Waals surface area (Å²) < 4.78 is 0. The third-order valence-electron chi connectivity index (χ3n) is 4.26. The smallest absolute Gasteiger partial charge is 0.230 e. The maximum absolute atomic E-state index is 12.3. The molecule has 6 heteroatoms. The molecule has 140 valence electrons. The summed E-state index contributed by atoms with van der Waals surface area (Å²) in [4.78, 5) is 23.5. The number of pyridine rings is 1. The van der Waals surface area contributed by atoms with Gasteiger partial charge in [0.25, 0.3) is 0 Å². The molecule has 3 rings (SSSR count). The van der Waals surface area contributed by atoms with E-state index in [1.54, 1.807) is 17.5 Å². The minimum atomic E-state index is -0.0797. The second-order valence-corrected chi connectivity index (χ2v) is 7.14. The minimum Gasteiger partial charge on any atom is -0.357 e. The molecule has 0 radical (unpaired) electrons. The van der Waals surface area contributed by atoms with Gasteiger partial charge < -0.3 is 10.2 Å². The van der Waals surface area contributed by atoms with Crippen LogP contribution >= 0.6 is 11.3 Å². The van der Waals surface area contributed by atoms with E-state index in [4.69, 9.17) is 0 Å². The van der Waals surface area contributed by atoms with Crippen molar-refractivity contribution in [1.82, 2.24) is 9.97 Å². The summed E-state index contributed by atoms with van der Waals surface area (Å²) in [7, 11) is 0. The van der Waals surface area contributed by atoms with Crippen molar-refractivity contribution in [2.75, 3.05) is 23.3 Å². The van der Waals surface area contributed by atoms with Gasteiger partial charge in [0.15, 0.2) is 0 Å². The largest absolute Gasteiger partial charge is 0.357 e. The molecule has 0 aliphatic rings. The number of nitrogens with zero attached hydrogens (tertiary/aromatic N) is 3. The van der Waals surface area contributed by atoms with E-state index in [1.165, 1.54) is 5.56 Å². The molecule has 0 aliphatic heterocycles. The van der Waals surface area contributed by atoms with Crippen molar-refractivity contribution < 1.29 is 4.79 Å². The van der Waals surface area contributed by atoms with Crippen molar-refractivity contribution in [2.45, 2.75) is 26.7 Å². The van der Waals surface area contributed by atoms with E-state index in [-0.39, 0.29) is 12.3 Å². The summed E-state index contributed by atoms with van der Waals surface area (Å²) in [5.41, 5.74) is 2.73. The number of anilines is 2. The van der Waals surface area contributed by atoms with Gasteiger partial charge in [0, 0.05) is 24.9 Å². The van der Waals surface area contributed by atoms with Crippen LogP contribution < -0.4 is 10.2 Å². The Morgan fingerprint density at radius 3 is 2.56 bits per heavy atom. The van der Waals surface area contributed by atoms with Gasteiger partial charge in [0.1, 0.15) is 5.82 Å². The van der Waals surface area contributed by atoms with Crippen molar-refractivity contribution in [2.24, 2.45) is 0 Å². The third kappa shape index (κ3) is 5.37. The monoisotopic (exact) mass is 380 g/mol. The normalized spacial score (nSPS) is 10.6. The van der Waals surface area contributed by atoms with Gasteiger partial charge in [-0.05, 0) is 31.5 Å². The van der Waals surface area contributed by atoms with Crippen LogP contribution in [-0.4, -0.2) is 29.0 Å². The SMILES string of the molecule is CCN(CC)c1ccc(NC(=O)Cc2csc(Cc3ccccc3)n2)cn1. The molecule has 1 N–H and O–H groups in total. The fraction of sp³-hybridized carbons (Fsp3) is 0.286. The Morgan fingerprint density at radius 1 is 1.11 bits per heavy atom. The van der Waals surface area contributed by atoms with Crippen LogP contribution in [0.15, 0.2) is 54.0 Å². The van der Waals surface area contributed by atoms with E-state index in [0.29, 0.717) is 5.69 Å². The first-order valence-corrected chi connectivity index (χ1v) is 10.0. The quantitative estimate of drug-likeness (QED) is 0.638. The van der Waals surface area contributed by atoms with Crippen molar-refractivity contribution in [3.8, 4) is 0 Å². The average molecular weight is 381 g/mol. The Morgan fingerprint density at radius 2 is 1.89 bits per heavy atom. The van der Waals surface area contributed by atoms with Crippen molar-refractivity contribution in [1.29, 1.82) is 0 Å². The Labute approximate surface area is 164 Å². The van der Waals surface area contributed by atoms with Crippen molar-refractivity contribution in [3.05, 3.63) is 70.3 Å². The van der Waals surface area contributed by atoms with Crippen LogP contribution in [0.3, 0.4) is 0 Å². The van der Waals surface area contributed by atoms with Gasteiger partial charge in [-0.15, -0.1) is 11.3 Å². The molecule has 0 unspecified atom stereocenters. The van der Waals surface area contributed by atoms with Crippen LogP contribution in [0.2, 0.25) is 0 Å². The number of hydrogen-bond acceptors (Lipinski definition) is 5. The van der Waals surface area contributed by atoms with E-state index in [0.717, 1.165) is 36.0 Å². The molecule has 0 fully saturated rings. The number of carbonyl (C=O) groups is 1. The predicted octanol–water partition coefficient (Wildman–Crippen LogP) is 4.16. The number of amides is 1. The summed E-state index contributed by atoms with van der Waals surface area (Å²) in [6.07, 6.45) is 2.76. The molecule has 0 saturated carbocycles. The standard InChI is InChI=1S/C21H24N4OS/c1-3-25(4-2)19-11-10-17(14-22-19)23-20(26)13-18-15-27-21(24-18)12-16-8-6-5-7-9-16/h5-11,14-15H,3-4,12-13H2,1-2H3,(H,23,26). The molecule has 5 nitrogen and oxygen atoms in total. The number of carbonyl (C=O) groups excluding carboxylic acids is 1. The molecule has 0 saturated heterocycles. The molecule has 1 amide bonds. The lowest BCUT2D eigenvalue weighted by atomic mass is 10.2. The van der Waals surface area contributed by atoms with Crippen LogP contribution in [0.5, 0.6) is 0 Å². The number of nitrogens with one attached hydrogen (secondary N) is 1. The molecule has 2 aromatic heterocycles. The molecule has 0 bridgehead atoms. The number of aromatic nitrogens is 2. The topological polar surface area (TPSA) is 58.1 Å². The molecule has 2 heterocycles. The molecular formula is C21H24N4OS. The first kappa shape index (κ1) is 19.0. The zero-order valence-corrected chi connectivity index (χ0v) is 16.5. The highest BCUT2D eigenvalue weighted by molar-refractivity contribution is 7.09. The van der Waals surface area contributed by atoms with Crippen LogP contribution in [0, 0.1) is 0 Å². The van der Waals surface area contributed by atoms with Crippen LogP contribution in [-0.2, 0) is 17.6 Å². The maximum Gasteiger partial charge on any atom is 0.230 e. The fourth-order valence-corrected chi connectivity index (χ4v) is 3.67. The minimum absolute atomic E-state index is 0.0797. The second-order valence-electron chi connectivity index (χ2n) is 6.20. The van der Waals surface area contributed by atoms with Gasteiger partial charge in [-0.25, -0.2) is 9.97 Å². The van der Waals surface area contributed by atoms with Gasteiger partial charge in [-0.1, -0.05) is 30.3 Å². The zero-order valence-electron chi connectivity index (χ0n) is 15.7. The lowest BCUT2D eigenvalue weighted by molar-refractivity contribution is -0.115. The van der Waals surface area contributed by atoms with Gasteiger partial charge in [0.2, 0.25) is 5.91 Å².